The number of hydrogen-bond acceptors (Lipinski definition) is 4. The van der Waals surface area contributed by atoms with Gasteiger partial charge in [-0.3, -0.25) is 0 Å². The van der Waals surface area contributed by atoms with Gasteiger partial charge in [0.2, 0.25) is 5.89 Å². The van der Waals surface area contributed by atoms with Gasteiger partial charge in [0.25, 0.3) is 0 Å². The smallest absolute Gasteiger partial charge is 0.243 e. The van der Waals surface area contributed by atoms with E-state index in [4.69, 9.17) is 10.3 Å². The van der Waals surface area contributed by atoms with Crippen LogP contribution in [0.2, 0.25) is 0 Å². The van der Waals surface area contributed by atoms with Gasteiger partial charge >= 0.3 is 0 Å². The maximum absolute atomic E-state index is 13.0. The van der Waals surface area contributed by atoms with Gasteiger partial charge in [-0.15, -0.1) is 6.58 Å². The average Bonchev–Trinajstić information content (AvgIpc) is 2.90. The molecular formula is C15H18FN3O. The van der Waals surface area contributed by atoms with E-state index in [1.807, 2.05) is 13.8 Å². The number of nitrogens with two attached hydrogens (primary N) is 1. The molecule has 0 saturated carbocycles. The molecule has 1 atom stereocenters. The molecular weight excluding hydrogens is 257 g/mol. The molecule has 1 aromatic carbocycles. The first-order valence-corrected chi connectivity index (χ1v) is 6.41. The first-order chi connectivity index (χ1) is 9.45. The summed E-state index contributed by atoms with van der Waals surface area (Å²) in [6, 6.07) is 5.92. The maximum atomic E-state index is 13.0. The zero-order valence-corrected chi connectivity index (χ0v) is 11.6. The molecule has 0 aliphatic carbocycles. The Hall–Kier alpha value is -2.01. The lowest BCUT2D eigenvalue weighted by Gasteiger charge is -2.20. The van der Waals surface area contributed by atoms with E-state index >= 15 is 0 Å². The molecule has 0 aliphatic heterocycles. The third-order valence-corrected chi connectivity index (χ3v) is 3.30. The molecule has 0 aliphatic rings. The Bertz CT molecular complexity index is 589. The Kier molecular flexibility index (Phi) is 3.99. The van der Waals surface area contributed by atoms with Crippen LogP contribution in [-0.4, -0.2) is 10.1 Å². The molecule has 0 bridgehead atoms. The van der Waals surface area contributed by atoms with Gasteiger partial charge in [0.05, 0.1) is 11.5 Å². The minimum atomic E-state index is -0.483. The van der Waals surface area contributed by atoms with E-state index in [9.17, 15) is 4.39 Å². The van der Waals surface area contributed by atoms with Crippen molar-refractivity contribution in [2.75, 3.05) is 0 Å². The summed E-state index contributed by atoms with van der Waals surface area (Å²) in [5.41, 5.74) is 6.33. The molecule has 20 heavy (non-hydrogen) atoms. The van der Waals surface area contributed by atoms with Gasteiger partial charge < -0.3 is 10.3 Å². The van der Waals surface area contributed by atoms with Crippen LogP contribution in [0.25, 0.3) is 0 Å². The van der Waals surface area contributed by atoms with Crippen molar-refractivity contribution < 1.29 is 8.91 Å². The third-order valence-electron chi connectivity index (χ3n) is 3.30. The summed E-state index contributed by atoms with van der Waals surface area (Å²) < 4.78 is 18.2. The van der Waals surface area contributed by atoms with E-state index in [1.165, 1.54) is 12.1 Å². The van der Waals surface area contributed by atoms with Crippen LogP contribution in [0.3, 0.4) is 0 Å². The molecule has 1 unspecified atom stereocenters. The largest absolute Gasteiger partial charge is 0.338 e. The summed E-state index contributed by atoms with van der Waals surface area (Å²) >= 11 is 0. The Morgan fingerprint density at radius 1 is 1.40 bits per heavy atom. The second-order valence-electron chi connectivity index (χ2n) is 5.22. The first kappa shape index (κ1) is 14.4. The summed E-state index contributed by atoms with van der Waals surface area (Å²) in [5, 5.41) is 4.00. The zero-order chi connectivity index (χ0) is 14.8. The molecule has 0 radical (unpaired) electrons. The van der Waals surface area contributed by atoms with Gasteiger partial charge in [0.1, 0.15) is 5.82 Å². The van der Waals surface area contributed by atoms with E-state index in [0.29, 0.717) is 18.1 Å². The summed E-state index contributed by atoms with van der Waals surface area (Å²) in [4.78, 5) is 4.35. The zero-order valence-electron chi connectivity index (χ0n) is 11.6. The van der Waals surface area contributed by atoms with Crippen molar-refractivity contribution in [2.24, 2.45) is 5.73 Å². The predicted molar refractivity (Wildman–Crippen MR) is 74.6 cm³/mol. The Labute approximate surface area is 117 Å². The van der Waals surface area contributed by atoms with E-state index in [0.717, 1.165) is 5.56 Å². The lowest BCUT2D eigenvalue weighted by Crippen LogP contribution is -2.21. The molecule has 2 rings (SSSR count). The fourth-order valence-electron chi connectivity index (χ4n) is 1.92. The normalized spacial score (nSPS) is 13.2. The second kappa shape index (κ2) is 5.54. The lowest BCUT2D eigenvalue weighted by atomic mass is 9.84. The SMILES string of the molecule is C=CCC(N)c1nc(C(C)(C)c2ccc(F)cc2)no1. The quantitative estimate of drug-likeness (QED) is 0.851. The molecule has 2 aromatic rings. The number of hydrogen-bond donors (Lipinski definition) is 1. The van der Waals surface area contributed by atoms with Crippen molar-refractivity contribution in [1.29, 1.82) is 0 Å². The fourth-order valence-corrected chi connectivity index (χ4v) is 1.92. The molecule has 106 valence electrons. The van der Waals surface area contributed by atoms with Gasteiger partial charge in [-0.2, -0.15) is 4.98 Å². The standard InChI is InChI=1S/C15H18FN3O/c1-4-5-12(17)13-18-14(19-20-13)15(2,3)10-6-8-11(16)9-7-10/h4,6-9,12H,1,5,17H2,2-3H3. The van der Waals surface area contributed by atoms with Crippen LogP contribution in [0.1, 0.15) is 43.6 Å². The van der Waals surface area contributed by atoms with Gasteiger partial charge in [-0.05, 0) is 38.0 Å². The van der Waals surface area contributed by atoms with E-state index in [1.54, 1.807) is 18.2 Å². The highest BCUT2D eigenvalue weighted by atomic mass is 19.1. The second-order valence-corrected chi connectivity index (χ2v) is 5.22. The number of aromatic nitrogens is 2. The molecule has 0 amide bonds. The minimum Gasteiger partial charge on any atom is -0.338 e. The van der Waals surface area contributed by atoms with Gasteiger partial charge in [-0.1, -0.05) is 23.4 Å². The summed E-state index contributed by atoms with van der Waals surface area (Å²) in [7, 11) is 0. The van der Waals surface area contributed by atoms with Crippen molar-refractivity contribution >= 4 is 0 Å². The van der Waals surface area contributed by atoms with Crippen molar-refractivity contribution in [3.63, 3.8) is 0 Å². The van der Waals surface area contributed by atoms with Gasteiger partial charge in [0, 0.05) is 0 Å². The molecule has 2 N–H and O–H groups in total. The Morgan fingerprint density at radius 2 is 2.05 bits per heavy atom. The van der Waals surface area contributed by atoms with Crippen molar-refractivity contribution in [3.05, 3.63) is 60.0 Å². The topological polar surface area (TPSA) is 64.9 Å². The van der Waals surface area contributed by atoms with Crippen LogP contribution >= 0.6 is 0 Å². The van der Waals surface area contributed by atoms with Crippen LogP contribution in [-0.2, 0) is 5.41 Å². The Morgan fingerprint density at radius 3 is 2.65 bits per heavy atom. The Balaban J connectivity index is 2.30. The van der Waals surface area contributed by atoms with Gasteiger partial charge in [-0.25, -0.2) is 4.39 Å². The number of halogens is 1. The number of rotatable bonds is 5. The number of benzene rings is 1. The molecule has 1 heterocycles. The maximum Gasteiger partial charge on any atom is 0.243 e. The summed E-state index contributed by atoms with van der Waals surface area (Å²) in [6.07, 6.45) is 2.28. The molecule has 1 aromatic heterocycles. The molecule has 0 saturated heterocycles. The van der Waals surface area contributed by atoms with Crippen LogP contribution in [0.5, 0.6) is 0 Å². The van der Waals surface area contributed by atoms with E-state index < -0.39 is 5.41 Å². The van der Waals surface area contributed by atoms with Crippen LogP contribution in [0, 0.1) is 5.82 Å². The lowest BCUT2D eigenvalue weighted by molar-refractivity contribution is 0.346. The van der Waals surface area contributed by atoms with Crippen molar-refractivity contribution in [3.8, 4) is 0 Å². The van der Waals surface area contributed by atoms with Crippen molar-refractivity contribution in [2.45, 2.75) is 31.7 Å². The molecule has 4 nitrogen and oxygen atoms in total. The molecule has 0 fully saturated rings. The van der Waals surface area contributed by atoms with Gasteiger partial charge in [0.15, 0.2) is 5.82 Å². The highest BCUT2D eigenvalue weighted by molar-refractivity contribution is 5.30. The van der Waals surface area contributed by atoms with Crippen LogP contribution < -0.4 is 5.73 Å². The first-order valence-electron chi connectivity index (χ1n) is 6.41. The highest BCUT2D eigenvalue weighted by Gasteiger charge is 2.29. The minimum absolute atomic E-state index is 0.272. The molecule has 5 heteroatoms. The van der Waals surface area contributed by atoms with Crippen molar-refractivity contribution in [1.82, 2.24) is 10.1 Å². The van der Waals surface area contributed by atoms with Crippen LogP contribution in [0.4, 0.5) is 4.39 Å². The summed E-state index contributed by atoms with van der Waals surface area (Å²) in [5.74, 6) is 0.639. The monoisotopic (exact) mass is 275 g/mol. The fraction of sp³-hybridized carbons (Fsp3) is 0.333. The predicted octanol–water partition coefficient (Wildman–Crippen LogP) is 3.11. The molecule has 0 spiro atoms. The number of nitrogens with zero attached hydrogens (tertiary/aromatic N) is 2. The summed E-state index contributed by atoms with van der Waals surface area (Å²) in [6.45, 7) is 7.54. The average molecular weight is 275 g/mol. The van der Waals surface area contributed by atoms with E-state index in [2.05, 4.69) is 16.7 Å². The third kappa shape index (κ3) is 2.77. The van der Waals surface area contributed by atoms with E-state index in [-0.39, 0.29) is 11.9 Å². The van der Waals surface area contributed by atoms with Crippen LogP contribution in [0.15, 0.2) is 41.4 Å². The highest BCUT2D eigenvalue weighted by Crippen LogP contribution is 2.30.